The van der Waals surface area contributed by atoms with Crippen molar-refractivity contribution in [2.75, 3.05) is 5.32 Å². The number of aromatic amines is 1. The minimum absolute atomic E-state index is 0. The van der Waals surface area contributed by atoms with Gasteiger partial charge >= 0.3 is 0 Å². The number of carbonyl (C=O) groups excluding carboxylic acids is 1. The van der Waals surface area contributed by atoms with E-state index in [9.17, 15) is 4.79 Å². The minimum Gasteiger partial charge on any atom is -0.328 e. The molecule has 1 amide bonds. The Balaban J connectivity index is 0.00000200. The Hall–Kier alpha value is -1.85. The van der Waals surface area contributed by atoms with Crippen molar-refractivity contribution in [3.05, 3.63) is 36.5 Å². The first-order valence-electron chi connectivity index (χ1n) is 6.30. The van der Waals surface area contributed by atoms with Crippen LogP contribution in [0.2, 0.25) is 0 Å². The molecule has 108 valence electrons. The predicted molar refractivity (Wildman–Crippen MR) is 82.8 cm³/mol. The maximum Gasteiger partial charge on any atom is 0.224 e. The second-order valence-electron chi connectivity index (χ2n) is 4.61. The lowest BCUT2D eigenvalue weighted by Gasteiger charge is -2.07. The molecule has 0 spiro atoms. The number of hydrogen-bond acceptors (Lipinski definition) is 3. The average molecular weight is 295 g/mol. The monoisotopic (exact) mass is 294 g/mol. The quantitative estimate of drug-likeness (QED) is 0.792. The summed E-state index contributed by atoms with van der Waals surface area (Å²) in [5.74, 6) is -0.00779. The van der Waals surface area contributed by atoms with E-state index in [4.69, 9.17) is 5.73 Å². The molecule has 1 aromatic carbocycles. The SMILES string of the molecule is CC(N)CCC(=O)Nc1ccc(-c2ccn[nH]2)cc1.Cl. The molecule has 0 fully saturated rings. The van der Waals surface area contributed by atoms with Crippen LogP contribution in [0.15, 0.2) is 36.5 Å². The fraction of sp³-hybridized carbons (Fsp3) is 0.286. The highest BCUT2D eigenvalue weighted by molar-refractivity contribution is 5.90. The topological polar surface area (TPSA) is 83.8 Å². The molecule has 2 aromatic rings. The number of anilines is 1. The van der Waals surface area contributed by atoms with E-state index in [2.05, 4.69) is 15.5 Å². The number of rotatable bonds is 5. The van der Waals surface area contributed by atoms with Crippen LogP contribution in [-0.2, 0) is 4.79 Å². The minimum atomic E-state index is -0.00779. The van der Waals surface area contributed by atoms with Crippen LogP contribution in [0.5, 0.6) is 0 Å². The summed E-state index contributed by atoms with van der Waals surface area (Å²) in [6.45, 7) is 1.90. The van der Waals surface area contributed by atoms with Gasteiger partial charge in [-0.15, -0.1) is 12.4 Å². The number of carbonyl (C=O) groups is 1. The number of amides is 1. The second kappa shape index (κ2) is 7.67. The molecule has 0 saturated carbocycles. The summed E-state index contributed by atoms with van der Waals surface area (Å²) in [7, 11) is 0. The molecular weight excluding hydrogens is 276 g/mol. The van der Waals surface area contributed by atoms with Crippen LogP contribution in [-0.4, -0.2) is 22.1 Å². The van der Waals surface area contributed by atoms with E-state index in [1.54, 1.807) is 6.20 Å². The Morgan fingerprint density at radius 1 is 1.35 bits per heavy atom. The molecule has 20 heavy (non-hydrogen) atoms. The zero-order valence-electron chi connectivity index (χ0n) is 11.3. The van der Waals surface area contributed by atoms with Gasteiger partial charge in [0.05, 0.1) is 5.69 Å². The van der Waals surface area contributed by atoms with E-state index < -0.39 is 0 Å². The Morgan fingerprint density at radius 3 is 2.60 bits per heavy atom. The highest BCUT2D eigenvalue weighted by atomic mass is 35.5. The number of nitrogens with zero attached hydrogens (tertiary/aromatic N) is 1. The maximum absolute atomic E-state index is 11.6. The summed E-state index contributed by atoms with van der Waals surface area (Å²) < 4.78 is 0. The van der Waals surface area contributed by atoms with Gasteiger partial charge in [0.15, 0.2) is 0 Å². The second-order valence-corrected chi connectivity index (χ2v) is 4.61. The molecule has 0 radical (unpaired) electrons. The van der Waals surface area contributed by atoms with Crippen LogP contribution in [0.1, 0.15) is 19.8 Å². The van der Waals surface area contributed by atoms with Crippen molar-refractivity contribution in [2.24, 2.45) is 5.73 Å². The zero-order chi connectivity index (χ0) is 13.7. The summed E-state index contributed by atoms with van der Waals surface area (Å²) in [4.78, 5) is 11.6. The summed E-state index contributed by atoms with van der Waals surface area (Å²) in [5, 5.41) is 9.65. The van der Waals surface area contributed by atoms with Gasteiger partial charge in [0.2, 0.25) is 5.91 Å². The number of aromatic nitrogens is 2. The third-order valence-electron chi connectivity index (χ3n) is 2.81. The van der Waals surface area contributed by atoms with E-state index in [0.29, 0.717) is 12.8 Å². The van der Waals surface area contributed by atoms with Gasteiger partial charge in [-0.3, -0.25) is 9.89 Å². The van der Waals surface area contributed by atoms with Gasteiger partial charge in [0.1, 0.15) is 0 Å². The largest absolute Gasteiger partial charge is 0.328 e. The first-order valence-corrected chi connectivity index (χ1v) is 6.30. The first-order chi connectivity index (χ1) is 9.15. The molecule has 1 unspecified atom stereocenters. The number of benzene rings is 1. The summed E-state index contributed by atoms with van der Waals surface area (Å²) in [5.41, 5.74) is 8.40. The molecule has 6 heteroatoms. The van der Waals surface area contributed by atoms with Gasteiger partial charge in [-0.2, -0.15) is 5.10 Å². The molecule has 4 N–H and O–H groups in total. The zero-order valence-corrected chi connectivity index (χ0v) is 12.1. The summed E-state index contributed by atoms with van der Waals surface area (Å²) >= 11 is 0. The molecule has 1 atom stereocenters. The molecule has 0 aliphatic heterocycles. The van der Waals surface area contributed by atoms with Crippen LogP contribution in [0.4, 0.5) is 5.69 Å². The van der Waals surface area contributed by atoms with E-state index in [1.165, 1.54) is 0 Å². The van der Waals surface area contributed by atoms with Crippen LogP contribution < -0.4 is 11.1 Å². The number of nitrogens with two attached hydrogens (primary N) is 1. The standard InChI is InChI=1S/C14H18N4O.ClH/c1-10(15)2-7-14(19)17-12-5-3-11(4-6-12)13-8-9-16-18-13;/h3-6,8-10H,2,7,15H2,1H3,(H,16,18)(H,17,19);1H. The molecule has 0 saturated heterocycles. The van der Waals surface area contributed by atoms with Crippen molar-refractivity contribution < 1.29 is 4.79 Å². The molecule has 5 nitrogen and oxygen atoms in total. The van der Waals surface area contributed by atoms with Crippen molar-refractivity contribution in [2.45, 2.75) is 25.8 Å². The third-order valence-corrected chi connectivity index (χ3v) is 2.81. The van der Waals surface area contributed by atoms with Gasteiger partial charge in [-0.05, 0) is 37.1 Å². The van der Waals surface area contributed by atoms with E-state index in [1.807, 2.05) is 37.3 Å². The molecule has 1 heterocycles. The Bertz CT molecular complexity index is 523. The highest BCUT2D eigenvalue weighted by Crippen LogP contribution is 2.18. The molecule has 1 aromatic heterocycles. The molecule has 0 bridgehead atoms. The van der Waals surface area contributed by atoms with Crippen LogP contribution >= 0.6 is 12.4 Å². The fourth-order valence-electron chi connectivity index (χ4n) is 1.73. The summed E-state index contributed by atoms with van der Waals surface area (Å²) in [6.07, 6.45) is 2.84. The number of hydrogen-bond donors (Lipinski definition) is 3. The number of H-pyrrole nitrogens is 1. The van der Waals surface area contributed by atoms with Gasteiger partial charge < -0.3 is 11.1 Å². The van der Waals surface area contributed by atoms with Gasteiger partial charge in [0.25, 0.3) is 0 Å². The number of halogens is 1. The van der Waals surface area contributed by atoms with Crippen molar-refractivity contribution in [3.63, 3.8) is 0 Å². The van der Waals surface area contributed by atoms with E-state index in [-0.39, 0.29) is 24.4 Å². The average Bonchev–Trinajstić information content (AvgIpc) is 2.91. The lowest BCUT2D eigenvalue weighted by molar-refractivity contribution is -0.116. The lowest BCUT2D eigenvalue weighted by atomic mass is 10.1. The van der Waals surface area contributed by atoms with E-state index >= 15 is 0 Å². The van der Waals surface area contributed by atoms with Crippen molar-refractivity contribution >= 4 is 24.0 Å². The molecule has 2 rings (SSSR count). The van der Waals surface area contributed by atoms with Gasteiger partial charge in [0, 0.05) is 24.3 Å². The Kier molecular flexibility index (Phi) is 6.21. The lowest BCUT2D eigenvalue weighted by Crippen LogP contribution is -2.19. The highest BCUT2D eigenvalue weighted by Gasteiger charge is 2.05. The van der Waals surface area contributed by atoms with Crippen LogP contribution in [0.25, 0.3) is 11.3 Å². The van der Waals surface area contributed by atoms with Gasteiger partial charge in [-0.25, -0.2) is 0 Å². The van der Waals surface area contributed by atoms with E-state index in [0.717, 1.165) is 16.9 Å². The van der Waals surface area contributed by atoms with Crippen LogP contribution in [0, 0.1) is 0 Å². The molecular formula is C14H19ClN4O. The Labute approximate surface area is 124 Å². The number of nitrogens with one attached hydrogen (secondary N) is 2. The van der Waals surface area contributed by atoms with Crippen molar-refractivity contribution in [1.82, 2.24) is 10.2 Å². The molecule has 0 aliphatic carbocycles. The van der Waals surface area contributed by atoms with Crippen LogP contribution in [0.3, 0.4) is 0 Å². The predicted octanol–water partition coefficient (Wildman–Crippen LogP) is 2.56. The molecule has 0 aliphatic rings. The fourth-order valence-corrected chi connectivity index (χ4v) is 1.73. The maximum atomic E-state index is 11.6. The Morgan fingerprint density at radius 2 is 2.05 bits per heavy atom. The van der Waals surface area contributed by atoms with Gasteiger partial charge in [-0.1, -0.05) is 12.1 Å². The van der Waals surface area contributed by atoms with Crippen molar-refractivity contribution in [1.29, 1.82) is 0 Å². The normalized spacial score (nSPS) is 11.5. The first kappa shape index (κ1) is 16.2. The summed E-state index contributed by atoms with van der Waals surface area (Å²) in [6, 6.07) is 9.58. The van der Waals surface area contributed by atoms with Crippen molar-refractivity contribution in [3.8, 4) is 11.3 Å². The third kappa shape index (κ3) is 4.68. The smallest absolute Gasteiger partial charge is 0.224 e.